The quantitative estimate of drug-likeness (QED) is 0.834. The maximum atomic E-state index is 12.0. The molecular formula is C12H12BrN3OS. The number of benzene rings is 1. The van der Waals surface area contributed by atoms with E-state index < -0.39 is 0 Å². The lowest BCUT2D eigenvalue weighted by Crippen LogP contribution is -2.24. The van der Waals surface area contributed by atoms with Gasteiger partial charge >= 0.3 is 0 Å². The fraction of sp³-hybridized carbons (Fsp3) is 0.333. The molecule has 1 aliphatic heterocycles. The molecule has 6 heteroatoms. The van der Waals surface area contributed by atoms with Crippen molar-refractivity contribution >= 4 is 51.1 Å². The van der Waals surface area contributed by atoms with Crippen LogP contribution in [0, 0.1) is 5.92 Å². The first kappa shape index (κ1) is 12.0. The Kier molecular flexibility index (Phi) is 3.07. The Morgan fingerprint density at radius 1 is 1.56 bits per heavy atom. The second-order valence-electron chi connectivity index (χ2n) is 4.50. The number of nitrogens with zero attached hydrogens (tertiary/aromatic N) is 2. The van der Waals surface area contributed by atoms with Gasteiger partial charge in [-0.3, -0.25) is 9.89 Å². The fourth-order valence-electron chi connectivity index (χ4n) is 2.29. The van der Waals surface area contributed by atoms with Gasteiger partial charge in [0.1, 0.15) is 4.60 Å². The van der Waals surface area contributed by atoms with Gasteiger partial charge in [0, 0.05) is 24.0 Å². The van der Waals surface area contributed by atoms with E-state index in [9.17, 15) is 4.79 Å². The maximum Gasteiger partial charge on any atom is 0.227 e. The maximum absolute atomic E-state index is 12.0. The second kappa shape index (κ2) is 4.59. The molecule has 1 amide bonds. The van der Waals surface area contributed by atoms with E-state index in [0.29, 0.717) is 12.3 Å². The van der Waals surface area contributed by atoms with E-state index in [2.05, 4.69) is 38.8 Å². The van der Waals surface area contributed by atoms with Gasteiger partial charge in [0.2, 0.25) is 5.91 Å². The Balaban J connectivity index is 1.99. The highest BCUT2D eigenvalue weighted by Gasteiger charge is 2.29. The minimum absolute atomic E-state index is 0.174. The van der Waals surface area contributed by atoms with Crippen molar-refractivity contribution in [3.05, 3.63) is 22.8 Å². The number of aromatic nitrogens is 2. The third-order valence-electron chi connectivity index (χ3n) is 3.27. The first-order valence-electron chi connectivity index (χ1n) is 5.74. The standard InChI is InChI=1S/C12H12BrN3OS/c13-12-9-4-8(1-2-10(9)14-15-12)16-5-7(6-18)3-11(16)17/h1-2,4,7,18H,3,5-6H2,(H,14,15). The van der Waals surface area contributed by atoms with Crippen LogP contribution in [0.4, 0.5) is 5.69 Å². The van der Waals surface area contributed by atoms with Gasteiger partial charge in [-0.05, 0) is 45.8 Å². The molecule has 3 rings (SSSR count). The summed E-state index contributed by atoms with van der Waals surface area (Å²) < 4.78 is 0.844. The molecule has 1 aromatic carbocycles. The van der Waals surface area contributed by atoms with Crippen LogP contribution in [-0.4, -0.2) is 28.4 Å². The van der Waals surface area contributed by atoms with Crippen LogP contribution >= 0.6 is 28.6 Å². The highest BCUT2D eigenvalue weighted by Crippen LogP contribution is 2.30. The van der Waals surface area contributed by atoms with Crippen molar-refractivity contribution in [2.24, 2.45) is 5.92 Å². The Labute approximate surface area is 118 Å². The number of hydrogen-bond acceptors (Lipinski definition) is 3. The lowest BCUT2D eigenvalue weighted by atomic mass is 10.1. The van der Waals surface area contributed by atoms with Gasteiger partial charge in [0.15, 0.2) is 0 Å². The van der Waals surface area contributed by atoms with Gasteiger partial charge in [0.25, 0.3) is 0 Å². The van der Waals surface area contributed by atoms with E-state index in [1.54, 1.807) is 0 Å². The molecule has 2 aromatic rings. The van der Waals surface area contributed by atoms with Crippen LogP contribution in [0.15, 0.2) is 22.8 Å². The summed E-state index contributed by atoms with van der Waals surface area (Å²) in [7, 11) is 0. The van der Waals surface area contributed by atoms with Crippen molar-refractivity contribution in [2.75, 3.05) is 17.2 Å². The summed E-state index contributed by atoms with van der Waals surface area (Å²) in [5.41, 5.74) is 1.82. The van der Waals surface area contributed by atoms with Gasteiger partial charge in [0.05, 0.1) is 5.52 Å². The van der Waals surface area contributed by atoms with Gasteiger partial charge in [-0.1, -0.05) is 0 Å². The first-order chi connectivity index (χ1) is 8.69. The van der Waals surface area contributed by atoms with Crippen LogP contribution in [-0.2, 0) is 4.79 Å². The van der Waals surface area contributed by atoms with Gasteiger partial charge < -0.3 is 4.90 Å². The van der Waals surface area contributed by atoms with E-state index >= 15 is 0 Å². The normalized spacial score (nSPS) is 20.0. The number of carbonyl (C=O) groups excluding carboxylic acids is 1. The van der Waals surface area contributed by atoms with Crippen molar-refractivity contribution in [2.45, 2.75) is 6.42 Å². The summed E-state index contributed by atoms with van der Waals surface area (Å²) in [5.74, 6) is 1.28. The van der Waals surface area contributed by atoms with Crippen molar-refractivity contribution < 1.29 is 4.79 Å². The largest absolute Gasteiger partial charge is 0.312 e. The van der Waals surface area contributed by atoms with Gasteiger partial charge in [-0.15, -0.1) is 0 Å². The van der Waals surface area contributed by atoms with Crippen LogP contribution in [0.1, 0.15) is 6.42 Å². The summed E-state index contributed by atoms with van der Waals surface area (Å²) in [6.45, 7) is 0.753. The van der Waals surface area contributed by atoms with Gasteiger partial charge in [-0.2, -0.15) is 17.7 Å². The number of halogens is 1. The number of aromatic amines is 1. The fourth-order valence-corrected chi connectivity index (χ4v) is 2.94. The SMILES string of the molecule is O=C1CC(CS)CN1c1ccc2n[nH]c(Br)c2c1. The number of rotatable bonds is 2. The molecule has 1 atom stereocenters. The molecule has 18 heavy (non-hydrogen) atoms. The molecule has 2 heterocycles. The zero-order valence-corrected chi connectivity index (χ0v) is 12.0. The number of nitrogens with one attached hydrogen (secondary N) is 1. The highest BCUT2D eigenvalue weighted by molar-refractivity contribution is 9.10. The number of hydrogen-bond donors (Lipinski definition) is 2. The van der Waals surface area contributed by atoms with Crippen LogP contribution in [0.2, 0.25) is 0 Å². The highest BCUT2D eigenvalue weighted by atomic mass is 79.9. The first-order valence-corrected chi connectivity index (χ1v) is 7.16. The molecule has 1 aliphatic rings. The summed E-state index contributed by atoms with van der Waals surface area (Å²) in [5, 5.41) is 8.02. The molecule has 4 nitrogen and oxygen atoms in total. The lowest BCUT2D eigenvalue weighted by Gasteiger charge is -2.16. The van der Waals surface area contributed by atoms with Crippen molar-refractivity contribution in [3.8, 4) is 0 Å². The number of amides is 1. The molecular weight excluding hydrogens is 314 g/mol. The number of H-pyrrole nitrogens is 1. The molecule has 0 radical (unpaired) electrons. The topological polar surface area (TPSA) is 49.0 Å². The molecule has 1 N–H and O–H groups in total. The Hall–Kier alpha value is -1.01. The summed E-state index contributed by atoms with van der Waals surface area (Å²) in [4.78, 5) is 13.8. The molecule has 1 unspecified atom stereocenters. The van der Waals surface area contributed by atoms with E-state index in [1.165, 1.54) is 0 Å². The predicted molar refractivity (Wildman–Crippen MR) is 78.1 cm³/mol. The zero-order chi connectivity index (χ0) is 12.7. The zero-order valence-electron chi connectivity index (χ0n) is 9.56. The Morgan fingerprint density at radius 3 is 3.11 bits per heavy atom. The summed E-state index contributed by atoms with van der Waals surface area (Å²) >= 11 is 7.69. The smallest absolute Gasteiger partial charge is 0.227 e. The van der Waals surface area contributed by atoms with Crippen molar-refractivity contribution in [3.63, 3.8) is 0 Å². The van der Waals surface area contributed by atoms with Crippen molar-refractivity contribution in [1.82, 2.24) is 10.2 Å². The summed E-state index contributed by atoms with van der Waals surface area (Å²) in [6.07, 6.45) is 0.591. The number of thiol groups is 1. The number of anilines is 1. The monoisotopic (exact) mass is 325 g/mol. The molecule has 94 valence electrons. The second-order valence-corrected chi connectivity index (χ2v) is 5.65. The third kappa shape index (κ3) is 1.93. The predicted octanol–water partition coefficient (Wildman–Crippen LogP) is 2.61. The number of fused-ring (bicyclic) bond motifs is 1. The van der Waals surface area contributed by atoms with E-state index in [1.807, 2.05) is 23.1 Å². The Bertz CT molecular complexity index is 612. The average Bonchev–Trinajstić information content (AvgIpc) is 2.93. The van der Waals surface area contributed by atoms with Crippen molar-refractivity contribution in [1.29, 1.82) is 0 Å². The Morgan fingerprint density at radius 2 is 2.39 bits per heavy atom. The van der Waals surface area contributed by atoms with E-state index in [0.717, 1.165) is 33.5 Å². The van der Waals surface area contributed by atoms with E-state index in [-0.39, 0.29) is 5.91 Å². The molecule has 0 saturated carbocycles. The molecule has 1 saturated heterocycles. The van der Waals surface area contributed by atoms with Gasteiger partial charge in [-0.25, -0.2) is 0 Å². The molecule has 0 spiro atoms. The molecule has 0 aliphatic carbocycles. The third-order valence-corrected chi connectivity index (χ3v) is 4.39. The van der Waals surface area contributed by atoms with E-state index in [4.69, 9.17) is 0 Å². The van der Waals surface area contributed by atoms with Crippen LogP contribution in [0.3, 0.4) is 0 Å². The number of carbonyl (C=O) groups is 1. The molecule has 1 fully saturated rings. The van der Waals surface area contributed by atoms with Crippen LogP contribution in [0.25, 0.3) is 10.9 Å². The van der Waals surface area contributed by atoms with Crippen LogP contribution in [0.5, 0.6) is 0 Å². The van der Waals surface area contributed by atoms with Crippen LogP contribution < -0.4 is 4.90 Å². The minimum atomic E-state index is 0.174. The summed E-state index contributed by atoms with van der Waals surface area (Å²) in [6, 6.07) is 5.85. The molecule has 0 bridgehead atoms. The minimum Gasteiger partial charge on any atom is -0.312 e. The molecule has 1 aromatic heterocycles. The lowest BCUT2D eigenvalue weighted by molar-refractivity contribution is -0.117. The average molecular weight is 326 g/mol.